The van der Waals surface area contributed by atoms with Gasteiger partial charge in [-0.2, -0.15) is 0 Å². The van der Waals surface area contributed by atoms with Crippen molar-refractivity contribution in [1.82, 2.24) is 10.2 Å². The fourth-order valence-corrected chi connectivity index (χ4v) is 2.28. The molecule has 1 aromatic carbocycles. The van der Waals surface area contributed by atoms with Gasteiger partial charge in [0.15, 0.2) is 0 Å². The lowest BCUT2D eigenvalue weighted by Crippen LogP contribution is -2.41. The summed E-state index contributed by atoms with van der Waals surface area (Å²) in [4.78, 5) is 12.8. The first-order chi connectivity index (χ1) is 7.90. The number of hydrogen-bond acceptors (Lipinski definition) is 2. The Balaban J connectivity index is 1.83. The fourth-order valence-electron chi connectivity index (χ4n) is 2.28. The third kappa shape index (κ3) is 2.83. The fraction of sp³-hybridized carbons (Fsp3) is 0.462. The van der Waals surface area contributed by atoms with Gasteiger partial charge in [-0.3, -0.25) is 9.69 Å². The van der Waals surface area contributed by atoms with Crippen LogP contribution in [0.1, 0.15) is 18.4 Å². The summed E-state index contributed by atoms with van der Waals surface area (Å²) >= 11 is 0. The highest BCUT2D eigenvalue weighted by atomic mass is 16.1. The quantitative estimate of drug-likeness (QED) is 0.758. The minimum Gasteiger partial charge on any atom is -0.343 e. The van der Waals surface area contributed by atoms with Gasteiger partial charge in [-0.25, -0.2) is 0 Å². The van der Waals surface area contributed by atoms with Crippen LogP contribution in [-0.2, 0) is 11.2 Å². The van der Waals surface area contributed by atoms with Crippen molar-refractivity contribution in [2.24, 2.45) is 0 Å². The molecule has 1 saturated heterocycles. The molecule has 0 aliphatic carbocycles. The van der Waals surface area contributed by atoms with E-state index in [4.69, 9.17) is 0 Å². The molecule has 0 spiro atoms. The Kier molecular flexibility index (Phi) is 3.94. The minimum atomic E-state index is 0.251. The molecular formula is C13H18N2O. The lowest BCUT2D eigenvalue weighted by molar-refractivity contribution is -0.111. The van der Waals surface area contributed by atoms with E-state index in [1.54, 1.807) is 0 Å². The Morgan fingerprint density at radius 1 is 1.38 bits per heavy atom. The molecule has 1 heterocycles. The molecule has 86 valence electrons. The van der Waals surface area contributed by atoms with Crippen LogP contribution < -0.4 is 5.32 Å². The lowest BCUT2D eigenvalue weighted by atomic mass is 10.1. The number of rotatable bonds is 5. The Morgan fingerprint density at radius 2 is 2.19 bits per heavy atom. The molecule has 16 heavy (non-hydrogen) atoms. The zero-order chi connectivity index (χ0) is 11.2. The maximum Gasteiger partial charge on any atom is 0.208 e. The number of nitrogens with zero attached hydrogens (tertiary/aromatic N) is 1. The number of benzene rings is 1. The second-order valence-corrected chi connectivity index (χ2v) is 4.21. The SMILES string of the molecule is O=CN[C@@H]1CCCN1CCc1ccccc1. The maximum absolute atomic E-state index is 10.4. The molecule has 3 heteroatoms. The first-order valence-corrected chi connectivity index (χ1v) is 5.88. The molecule has 1 aromatic rings. The third-order valence-electron chi connectivity index (χ3n) is 3.15. The Labute approximate surface area is 96.5 Å². The van der Waals surface area contributed by atoms with Crippen LogP contribution in [-0.4, -0.2) is 30.6 Å². The van der Waals surface area contributed by atoms with E-state index in [-0.39, 0.29) is 6.17 Å². The first kappa shape index (κ1) is 11.1. The maximum atomic E-state index is 10.4. The van der Waals surface area contributed by atoms with Crippen molar-refractivity contribution in [2.45, 2.75) is 25.4 Å². The number of amides is 1. The summed E-state index contributed by atoms with van der Waals surface area (Å²) in [5.74, 6) is 0. The molecular weight excluding hydrogens is 200 g/mol. The third-order valence-corrected chi connectivity index (χ3v) is 3.15. The molecule has 0 bridgehead atoms. The van der Waals surface area contributed by atoms with Gasteiger partial charge in [-0.1, -0.05) is 30.3 Å². The van der Waals surface area contributed by atoms with Crippen molar-refractivity contribution >= 4 is 6.41 Å². The Morgan fingerprint density at radius 3 is 2.94 bits per heavy atom. The molecule has 3 nitrogen and oxygen atoms in total. The molecule has 0 radical (unpaired) electrons. The van der Waals surface area contributed by atoms with Gasteiger partial charge in [-0.15, -0.1) is 0 Å². The van der Waals surface area contributed by atoms with Gasteiger partial charge in [0.05, 0.1) is 6.17 Å². The molecule has 1 aliphatic rings. The zero-order valence-electron chi connectivity index (χ0n) is 9.43. The highest BCUT2D eigenvalue weighted by molar-refractivity contribution is 5.46. The smallest absolute Gasteiger partial charge is 0.208 e. The van der Waals surface area contributed by atoms with Gasteiger partial charge in [0.1, 0.15) is 0 Å². The molecule has 0 aromatic heterocycles. The number of nitrogens with one attached hydrogen (secondary N) is 1. The van der Waals surface area contributed by atoms with E-state index < -0.39 is 0 Å². The predicted octanol–water partition coefficient (Wildman–Crippen LogP) is 1.40. The lowest BCUT2D eigenvalue weighted by Gasteiger charge is -2.23. The van der Waals surface area contributed by atoms with Crippen molar-refractivity contribution in [3.8, 4) is 0 Å². The van der Waals surface area contributed by atoms with E-state index >= 15 is 0 Å². The molecule has 1 amide bonds. The van der Waals surface area contributed by atoms with Gasteiger partial charge >= 0.3 is 0 Å². The number of carbonyl (C=O) groups is 1. The van der Waals surface area contributed by atoms with Crippen LogP contribution in [0.2, 0.25) is 0 Å². The van der Waals surface area contributed by atoms with Crippen molar-refractivity contribution in [3.63, 3.8) is 0 Å². The van der Waals surface area contributed by atoms with E-state index in [2.05, 4.69) is 34.5 Å². The molecule has 1 atom stereocenters. The van der Waals surface area contributed by atoms with Crippen molar-refractivity contribution < 1.29 is 4.79 Å². The van der Waals surface area contributed by atoms with Crippen molar-refractivity contribution in [3.05, 3.63) is 35.9 Å². The summed E-state index contributed by atoms with van der Waals surface area (Å²) in [6.45, 7) is 2.12. The number of carbonyl (C=O) groups excluding carboxylic acids is 1. The highest BCUT2D eigenvalue weighted by Crippen LogP contribution is 2.15. The van der Waals surface area contributed by atoms with Gasteiger partial charge in [0.2, 0.25) is 6.41 Å². The van der Waals surface area contributed by atoms with Gasteiger partial charge in [-0.05, 0) is 24.8 Å². The average molecular weight is 218 g/mol. The van der Waals surface area contributed by atoms with Gasteiger partial charge in [0, 0.05) is 13.1 Å². The number of likely N-dealkylation sites (tertiary alicyclic amines) is 1. The zero-order valence-corrected chi connectivity index (χ0v) is 9.43. The van der Waals surface area contributed by atoms with E-state index in [1.165, 1.54) is 12.0 Å². The van der Waals surface area contributed by atoms with E-state index in [0.29, 0.717) is 0 Å². The number of hydrogen-bond donors (Lipinski definition) is 1. The summed E-state index contributed by atoms with van der Waals surface area (Å²) in [6.07, 6.45) is 4.37. The van der Waals surface area contributed by atoms with Crippen LogP contribution in [0.25, 0.3) is 0 Å². The van der Waals surface area contributed by atoms with Crippen LogP contribution in [0.5, 0.6) is 0 Å². The largest absolute Gasteiger partial charge is 0.343 e. The van der Waals surface area contributed by atoms with Crippen LogP contribution >= 0.6 is 0 Å². The second kappa shape index (κ2) is 5.66. The minimum absolute atomic E-state index is 0.251. The molecule has 2 rings (SSSR count). The van der Waals surface area contributed by atoms with Crippen LogP contribution in [0.4, 0.5) is 0 Å². The van der Waals surface area contributed by atoms with Crippen LogP contribution in [0.3, 0.4) is 0 Å². The summed E-state index contributed by atoms with van der Waals surface area (Å²) < 4.78 is 0. The molecule has 1 N–H and O–H groups in total. The van der Waals surface area contributed by atoms with E-state index in [9.17, 15) is 4.79 Å². The van der Waals surface area contributed by atoms with Crippen molar-refractivity contribution in [1.29, 1.82) is 0 Å². The standard InChI is InChI=1S/C13H18N2O/c16-11-14-13-7-4-9-15(13)10-8-12-5-2-1-3-6-12/h1-3,5-6,11,13H,4,7-10H2,(H,14,16)/t13-/m0/s1. The molecule has 0 unspecified atom stereocenters. The molecule has 0 saturated carbocycles. The first-order valence-electron chi connectivity index (χ1n) is 5.88. The molecule has 1 fully saturated rings. The monoisotopic (exact) mass is 218 g/mol. The van der Waals surface area contributed by atoms with Crippen LogP contribution in [0.15, 0.2) is 30.3 Å². The summed E-state index contributed by atoms with van der Waals surface area (Å²) in [6, 6.07) is 10.5. The summed E-state index contributed by atoms with van der Waals surface area (Å²) in [5.41, 5.74) is 1.36. The van der Waals surface area contributed by atoms with Crippen molar-refractivity contribution in [2.75, 3.05) is 13.1 Å². The highest BCUT2D eigenvalue weighted by Gasteiger charge is 2.22. The normalized spacial score (nSPS) is 20.9. The predicted molar refractivity (Wildman–Crippen MR) is 63.9 cm³/mol. The van der Waals surface area contributed by atoms with Gasteiger partial charge in [0.25, 0.3) is 0 Å². The molecule has 1 aliphatic heterocycles. The summed E-state index contributed by atoms with van der Waals surface area (Å²) in [7, 11) is 0. The second-order valence-electron chi connectivity index (χ2n) is 4.21. The van der Waals surface area contributed by atoms with E-state index in [0.717, 1.165) is 32.3 Å². The van der Waals surface area contributed by atoms with Gasteiger partial charge < -0.3 is 5.32 Å². The summed E-state index contributed by atoms with van der Waals surface area (Å²) in [5, 5.41) is 2.88. The van der Waals surface area contributed by atoms with Crippen LogP contribution in [0, 0.1) is 0 Å². The Hall–Kier alpha value is -1.35. The Bertz CT molecular complexity index is 326. The van der Waals surface area contributed by atoms with E-state index in [1.807, 2.05) is 6.07 Å². The average Bonchev–Trinajstić information content (AvgIpc) is 2.76. The topological polar surface area (TPSA) is 32.3 Å².